The van der Waals surface area contributed by atoms with Gasteiger partial charge >= 0.3 is 0 Å². The van der Waals surface area contributed by atoms with E-state index < -0.39 is 0 Å². The molecule has 0 aromatic carbocycles. The maximum absolute atomic E-state index is 12.2. The molecule has 4 heterocycles. The summed E-state index contributed by atoms with van der Waals surface area (Å²) < 4.78 is 5.38. The number of oxazole rings is 1. The number of aromatic nitrogens is 3. The maximum Gasteiger partial charge on any atom is 0.242 e. The summed E-state index contributed by atoms with van der Waals surface area (Å²) in [5.74, 6) is 1.20. The molecule has 1 N–H and O–H groups in total. The quantitative estimate of drug-likeness (QED) is 0.793. The van der Waals surface area contributed by atoms with Crippen molar-refractivity contribution in [1.82, 2.24) is 19.9 Å². The van der Waals surface area contributed by atoms with Gasteiger partial charge in [-0.25, -0.2) is 9.97 Å². The Morgan fingerprint density at radius 2 is 2.00 bits per heavy atom. The molecule has 0 radical (unpaired) electrons. The Kier molecular flexibility index (Phi) is 3.26. The van der Waals surface area contributed by atoms with Crippen molar-refractivity contribution in [2.75, 3.05) is 31.1 Å². The van der Waals surface area contributed by atoms with Crippen LogP contribution in [0.4, 0.5) is 5.69 Å². The Labute approximate surface area is 144 Å². The molecule has 1 amide bonds. The Bertz CT molecular complexity index is 905. The summed E-state index contributed by atoms with van der Waals surface area (Å²) in [6, 6.07) is 4.07. The third-order valence-electron chi connectivity index (χ3n) is 5.03. The number of anilines is 1. The third-order valence-corrected chi connectivity index (χ3v) is 5.03. The predicted molar refractivity (Wildman–Crippen MR) is 93.1 cm³/mol. The Morgan fingerprint density at radius 3 is 2.72 bits per heavy atom. The van der Waals surface area contributed by atoms with Gasteiger partial charge in [-0.3, -0.25) is 4.79 Å². The number of carbonyl (C=O) groups excluding carboxylic acids is 1. The van der Waals surface area contributed by atoms with Crippen LogP contribution in [-0.2, 0) is 4.79 Å². The summed E-state index contributed by atoms with van der Waals surface area (Å²) in [6.07, 6.45) is 7.14. The molecule has 0 unspecified atom stereocenters. The number of piperazine rings is 1. The van der Waals surface area contributed by atoms with E-state index in [1.165, 1.54) is 0 Å². The summed E-state index contributed by atoms with van der Waals surface area (Å²) in [5, 5.41) is 1.05. The smallest absolute Gasteiger partial charge is 0.242 e. The molecule has 1 aliphatic carbocycles. The number of hydrogen-bond donors (Lipinski definition) is 1. The number of rotatable bonds is 3. The lowest BCUT2D eigenvalue weighted by molar-refractivity contribution is -0.132. The highest BCUT2D eigenvalue weighted by molar-refractivity contribution is 5.93. The summed E-state index contributed by atoms with van der Waals surface area (Å²) in [4.78, 5) is 28.5. The van der Waals surface area contributed by atoms with Crippen LogP contribution < -0.4 is 4.90 Å². The van der Waals surface area contributed by atoms with Crippen LogP contribution in [0.5, 0.6) is 0 Å². The zero-order valence-electron chi connectivity index (χ0n) is 13.8. The van der Waals surface area contributed by atoms with Gasteiger partial charge in [0.2, 0.25) is 11.8 Å². The molecule has 25 heavy (non-hydrogen) atoms. The predicted octanol–water partition coefficient (Wildman–Crippen LogP) is 2.28. The Balaban J connectivity index is 1.40. The largest absolute Gasteiger partial charge is 0.443 e. The van der Waals surface area contributed by atoms with Crippen molar-refractivity contribution in [1.29, 1.82) is 0 Å². The maximum atomic E-state index is 12.2. The second-order valence-corrected chi connectivity index (χ2v) is 6.70. The summed E-state index contributed by atoms with van der Waals surface area (Å²) >= 11 is 0. The van der Waals surface area contributed by atoms with E-state index in [-0.39, 0.29) is 0 Å². The van der Waals surface area contributed by atoms with Crippen LogP contribution in [0.2, 0.25) is 0 Å². The van der Waals surface area contributed by atoms with Crippen LogP contribution in [0, 0.1) is 5.92 Å². The van der Waals surface area contributed by atoms with E-state index in [0.717, 1.165) is 61.4 Å². The van der Waals surface area contributed by atoms with E-state index in [1.54, 1.807) is 12.5 Å². The fraction of sp³-hybridized carbons (Fsp3) is 0.389. The number of H-pyrrole nitrogens is 1. The fourth-order valence-electron chi connectivity index (χ4n) is 3.52. The lowest BCUT2D eigenvalue weighted by Crippen LogP contribution is -2.49. The summed E-state index contributed by atoms with van der Waals surface area (Å²) in [5.41, 5.74) is 2.78. The van der Waals surface area contributed by atoms with E-state index in [2.05, 4.69) is 19.9 Å². The molecule has 1 aliphatic heterocycles. The average Bonchev–Trinajstić information content (AvgIpc) is 3.18. The van der Waals surface area contributed by atoms with Crippen molar-refractivity contribution in [2.24, 2.45) is 5.92 Å². The molecule has 3 aromatic heterocycles. The van der Waals surface area contributed by atoms with Crippen molar-refractivity contribution in [3.8, 4) is 11.6 Å². The summed E-state index contributed by atoms with van der Waals surface area (Å²) in [7, 11) is 0. The molecule has 1 saturated heterocycles. The minimum absolute atomic E-state index is 0.298. The topological polar surface area (TPSA) is 78.3 Å². The monoisotopic (exact) mass is 337 g/mol. The molecule has 0 bridgehead atoms. The molecule has 7 heteroatoms. The molecule has 2 fully saturated rings. The Morgan fingerprint density at radius 1 is 1.16 bits per heavy atom. The van der Waals surface area contributed by atoms with Gasteiger partial charge < -0.3 is 19.2 Å². The highest BCUT2D eigenvalue weighted by Gasteiger charge is 2.34. The zero-order valence-corrected chi connectivity index (χ0v) is 13.8. The SMILES string of the molecule is O=C(C1CC1)N1CCN(c2ccnc3[nH]c(-c4ncco4)cc23)CC1. The van der Waals surface area contributed by atoms with Crippen LogP contribution in [0.15, 0.2) is 35.2 Å². The number of nitrogens with one attached hydrogen (secondary N) is 1. The van der Waals surface area contributed by atoms with Crippen molar-refractivity contribution in [3.05, 3.63) is 30.8 Å². The Hall–Kier alpha value is -2.83. The first-order valence-corrected chi connectivity index (χ1v) is 8.71. The van der Waals surface area contributed by atoms with Crippen LogP contribution in [0.1, 0.15) is 12.8 Å². The zero-order chi connectivity index (χ0) is 16.8. The number of pyridine rings is 1. The van der Waals surface area contributed by atoms with Gasteiger partial charge in [-0.05, 0) is 25.0 Å². The molecule has 2 aliphatic rings. The van der Waals surface area contributed by atoms with Crippen molar-refractivity contribution >= 4 is 22.6 Å². The van der Waals surface area contributed by atoms with Gasteiger partial charge in [-0.2, -0.15) is 0 Å². The van der Waals surface area contributed by atoms with Crippen molar-refractivity contribution in [2.45, 2.75) is 12.8 Å². The van der Waals surface area contributed by atoms with Crippen LogP contribution in [0.3, 0.4) is 0 Å². The molecule has 128 valence electrons. The van der Waals surface area contributed by atoms with Gasteiger partial charge in [-0.15, -0.1) is 0 Å². The van der Waals surface area contributed by atoms with Gasteiger partial charge in [0.25, 0.3) is 0 Å². The average molecular weight is 337 g/mol. The van der Waals surface area contributed by atoms with Crippen LogP contribution >= 0.6 is 0 Å². The number of amides is 1. The van der Waals surface area contributed by atoms with Gasteiger partial charge in [-0.1, -0.05) is 0 Å². The minimum Gasteiger partial charge on any atom is -0.443 e. The number of fused-ring (bicyclic) bond motifs is 1. The fourth-order valence-corrected chi connectivity index (χ4v) is 3.52. The van der Waals surface area contributed by atoms with Crippen molar-refractivity contribution < 1.29 is 9.21 Å². The van der Waals surface area contributed by atoms with E-state index in [4.69, 9.17) is 4.42 Å². The second kappa shape index (κ2) is 5.61. The van der Waals surface area contributed by atoms with Crippen LogP contribution in [0.25, 0.3) is 22.6 Å². The molecule has 0 atom stereocenters. The lowest BCUT2D eigenvalue weighted by atomic mass is 10.2. The number of aromatic amines is 1. The van der Waals surface area contributed by atoms with E-state index in [0.29, 0.717) is 17.7 Å². The molecule has 0 spiro atoms. The van der Waals surface area contributed by atoms with Gasteiger partial charge in [0, 0.05) is 49.4 Å². The first kappa shape index (κ1) is 14.5. The van der Waals surface area contributed by atoms with Gasteiger partial charge in [0.15, 0.2) is 0 Å². The third kappa shape index (κ3) is 2.56. The highest BCUT2D eigenvalue weighted by atomic mass is 16.3. The van der Waals surface area contributed by atoms with Crippen LogP contribution in [-0.4, -0.2) is 51.9 Å². The molecule has 7 nitrogen and oxygen atoms in total. The molecule has 1 saturated carbocycles. The molecular formula is C18H19N5O2. The second-order valence-electron chi connectivity index (χ2n) is 6.70. The normalized spacial score (nSPS) is 18.1. The number of nitrogens with zero attached hydrogens (tertiary/aromatic N) is 4. The minimum atomic E-state index is 0.298. The van der Waals surface area contributed by atoms with E-state index >= 15 is 0 Å². The number of carbonyl (C=O) groups is 1. The first-order chi connectivity index (χ1) is 12.3. The van der Waals surface area contributed by atoms with Crippen molar-refractivity contribution in [3.63, 3.8) is 0 Å². The van der Waals surface area contributed by atoms with Gasteiger partial charge in [0.05, 0.1) is 6.20 Å². The standard InChI is InChI=1S/C18H19N5O2/c24-18(12-1-2-12)23-8-6-22(7-9-23)15-3-4-19-16-13(15)11-14(21-16)17-20-5-10-25-17/h3-5,10-12H,1-2,6-9H2,(H,19,21). The number of hydrogen-bond acceptors (Lipinski definition) is 5. The van der Waals surface area contributed by atoms with E-state index in [9.17, 15) is 4.79 Å². The first-order valence-electron chi connectivity index (χ1n) is 8.71. The molecular weight excluding hydrogens is 318 g/mol. The molecule has 3 aromatic rings. The lowest BCUT2D eigenvalue weighted by Gasteiger charge is -2.36. The van der Waals surface area contributed by atoms with Gasteiger partial charge in [0.1, 0.15) is 17.6 Å². The van der Waals surface area contributed by atoms with E-state index in [1.807, 2.05) is 23.2 Å². The summed E-state index contributed by atoms with van der Waals surface area (Å²) in [6.45, 7) is 3.26. The molecule has 5 rings (SSSR count). The highest BCUT2D eigenvalue weighted by Crippen LogP contribution is 2.33.